The molecule has 22 heavy (non-hydrogen) atoms. The van der Waals surface area contributed by atoms with Crippen molar-refractivity contribution in [2.24, 2.45) is 0 Å². The van der Waals surface area contributed by atoms with E-state index in [-0.39, 0.29) is 30.5 Å². The molecule has 118 valence electrons. The molecule has 0 aliphatic heterocycles. The first-order valence-electron chi connectivity index (χ1n) is 6.43. The van der Waals surface area contributed by atoms with Gasteiger partial charge in [0.2, 0.25) is 0 Å². The Morgan fingerprint density at radius 1 is 1.23 bits per heavy atom. The standard InChI is InChI=1S/C14H13F3N2O3/c15-14(16,17)11-4-2-1-3-10(11)8-19-13(22)9(7-18-19)5-6-12(20)21/h1-4,7,18H,5-6,8H2,(H,20,21). The van der Waals surface area contributed by atoms with Crippen molar-refractivity contribution in [1.29, 1.82) is 0 Å². The fraction of sp³-hybridized carbons (Fsp3) is 0.286. The number of hydrogen-bond donors (Lipinski definition) is 2. The highest BCUT2D eigenvalue weighted by molar-refractivity contribution is 5.67. The second kappa shape index (κ2) is 6.08. The van der Waals surface area contributed by atoms with Crippen molar-refractivity contribution in [3.8, 4) is 0 Å². The van der Waals surface area contributed by atoms with Gasteiger partial charge < -0.3 is 10.2 Å². The van der Waals surface area contributed by atoms with Gasteiger partial charge in [-0.15, -0.1) is 0 Å². The van der Waals surface area contributed by atoms with Crippen LogP contribution < -0.4 is 5.56 Å². The fourth-order valence-electron chi connectivity index (χ4n) is 2.09. The Hall–Kier alpha value is -2.51. The minimum Gasteiger partial charge on any atom is -0.481 e. The van der Waals surface area contributed by atoms with E-state index < -0.39 is 23.3 Å². The maximum atomic E-state index is 12.9. The molecule has 1 aromatic heterocycles. The Morgan fingerprint density at radius 3 is 2.55 bits per heavy atom. The number of aromatic nitrogens is 2. The summed E-state index contributed by atoms with van der Waals surface area (Å²) >= 11 is 0. The summed E-state index contributed by atoms with van der Waals surface area (Å²) in [5.74, 6) is -1.05. The van der Waals surface area contributed by atoms with E-state index in [1.54, 1.807) is 0 Å². The molecule has 1 heterocycles. The SMILES string of the molecule is O=C(O)CCc1c[nH]n(Cc2ccccc2C(F)(F)F)c1=O. The van der Waals surface area contributed by atoms with Crippen molar-refractivity contribution >= 4 is 5.97 Å². The molecule has 0 fully saturated rings. The smallest absolute Gasteiger partial charge is 0.416 e. The Kier molecular flexibility index (Phi) is 4.39. The van der Waals surface area contributed by atoms with Crippen LogP contribution >= 0.6 is 0 Å². The summed E-state index contributed by atoms with van der Waals surface area (Å²) in [6.45, 7) is -0.262. The minimum absolute atomic E-state index is 0.0264. The molecule has 0 bridgehead atoms. The highest BCUT2D eigenvalue weighted by Crippen LogP contribution is 2.31. The largest absolute Gasteiger partial charge is 0.481 e. The number of aliphatic carboxylic acids is 1. The van der Waals surface area contributed by atoms with E-state index in [0.717, 1.165) is 10.7 Å². The number of carboxylic acid groups (broad SMARTS) is 1. The van der Waals surface area contributed by atoms with Crippen LogP contribution in [0, 0.1) is 0 Å². The summed E-state index contributed by atoms with van der Waals surface area (Å²) in [6.07, 6.45) is -3.37. The van der Waals surface area contributed by atoms with Crippen molar-refractivity contribution < 1.29 is 23.1 Å². The molecule has 0 spiro atoms. The number of aromatic amines is 1. The van der Waals surface area contributed by atoms with Crippen molar-refractivity contribution in [2.45, 2.75) is 25.6 Å². The topological polar surface area (TPSA) is 75.1 Å². The number of H-pyrrole nitrogens is 1. The molecule has 1 aromatic carbocycles. The normalized spacial score (nSPS) is 11.6. The fourth-order valence-corrected chi connectivity index (χ4v) is 2.09. The van der Waals surface area contributed by atoms with Crippen molar-refractivity contribution in [2.75, 3.05) is 0 Å². The number of benzene rings is 1. The van der Waals surface area contributed by atoms with Crippen LogP contribution in [0.15, 0.2) is 35.3 Å². The number of aryl methyl sites for hydroxylation is 1. The van der Waals surface area contributed by atoms with Gasteiger partial charge in [0.1, 0.15) is 0 Å². The summed E-state index contributed by atoms with van der Waals surface area (Å²) in [5.41, 5.74) is -1.13. The van der Waals surface area contributed by atoms with Gasteiger partial charge in [0.15, 0.2) is 0 Å². The van der Waals surface area contributed by atoms with E-state index in [1.165, 1.54) is 24.4 Å². The zero-order valence-corrected chi connectivity index (χ0v) is 11.4. The number of halogens is 3. The molecule has 0 unspecified atom stereocenters. The Morgan fingerprint density at radius 2 is 1.91 bits per heavy atom. The van der Waals surface area contributed by atoms with Gasteiger partial charge in [-0.3, -0.25) is 9.59 Å². The van der Waals surface area contributed by atoms with Crippen molar-refractivity contribution in [1.82, 2.24) is 9.78 Å². The lowest BCUT2D eigenvalue weighted by Gasteiger charge is -2.12. The molecule has 5 nitrogen and oxygen atoms in total. The van der Waals surface area contributed by atoms with Gasteiger partial charge in [0.05, 0.1) is 12.1 Å². The number of hydrogen-bond acceptors (Lipinski definition) is 2. The first-order chi connectivity index (χ1) is 10.3. The van der Waals surface area contributed by atoms with Crippen LogP contribution in [-0.2, 0) is 23.9 Å². The quantitative estimate of drug-likeness (QED) is 0.889. The Balaban J connectivity index is 2.26. The predicted octanol–water partition coefficient (Wildman–Crippen LogP) is 2.26. The van der Waals surface area contributed by atoms with Gasteiger partial charge in [0.25, 0.3) is 5.56 Å². The lowest BCUT2D eigenvalue weighted by atomic mass is 10.1. The van der Waals surface area contributed by atoms with Gasteiger partial charge in [-0.1, -0.05) is 18.2 Å². The summed E-state index contributed by atoms with van der Waals surface area (Å²) in [5, 5.41) is 11.2. The highest BCUT2D eigenvalue weighted by Gasteiger charge is 2.33. The summed E-state index contributed by atoms with van der Waals surface area (Å²) in [6, 6.07) is 4.99. The number of alkyl halides is 3. The van der Waals surface area contributed by atoms with Crippen molar-refractivity contribution in [3.63, 3.8) is 0 Å². The maximum Gasteiger partial charge on any atom is 0.416 e. The number of nitrogens with zero attached hydrogens (tertiary/aromatic N) is 1. The van der Waals surface area contributed by atoms with E-state index in [2.05, 4.69) is 5.10 Å². The number of nitrogens with one attached hydrogen (secondary N) is 1. The molecule has 2 rings (SSSR count). The second-order valence-electron chi connectivity index (χ2n) is 4.74. The molecule has 2 aromatic rings. The molecule has 0 radical (unpaired) electrons. The van der Waals surface area contributed by atoms with Crippen LogP contribution in [-0.4, -0.2) is 20.9 Å². The third-order valence-corrected chi connectivity index (χ3v) is 3.17. The highest BCUT2D eigenvalue weighted by atomic mass is 19.4. The van der Waals surface area contributed by atoms with E-state index in [1.807, 2.05) is 0 Å². The number of rotatable bonds is 5. The summed E-state index contributed by atoms with van der Waals surface area (Å²) in [4.78, 5) is 22.5. The average Bonchev–Trinajstić information content (AvgIpc) is 2.77. The van der Waals surface area contributed by atoms with Gasteiger partial charge in [0, 0.05) is 18.2 Å². The Labute approximate surface area is 123 Å². The van der Waals surface area contributed by atoms with E-state index in [4.69, 9.17) is 5.11 Å². The molecule has 0 aliphatic carbocycles. The van der Waals surface area contributed by atoms with Gasteiger partial charge in [-0.2, -0.15) is 13.2 Å². The number of carboxylic acids is 1. The van der Waals surface area contributed by atoms with Crippen molar-refractivity contribution in [3.05, 3.63) is 57.5 Å². The third kappa shape index (κ3) is 3.57. The van der Waals surface area contributed by atoms with Crippen LogP contribution in [0.3, 0.4) is 0 Å². The van der Waals surface area contributed by atoms with E-state index in [9.17, 15) is 22.8 Å². The van der Waals surface area contributed by atoms with Gasteiger partial charge >= 0.3 is 12.1 Å². The van der Waals surface area contributed by atoms with Gasteiger partial charge in [-0.05, 0) is 18.1 Å². The lowest BCUT2D eigenvalue weighted by molar-refractivity contribution is -0.138. The lowest BCUT2D eigenvalue weighted by Crippen LogP contribution is -2.22. The summed E-state index contributed by atoms with van der Waals surface area (Å²) in [7, 11) is 0. The molecular weight excluding hydrogens is 301 g/mol. The van der Waals surface area contributed by atoms with Gasteiger partial charge in [-0.25, -0.2) is 4.68 Å². The first-order valence-corrected chi connectivity index (χ1v) is 6.43. The number of carbonyl (C=O) groups is 1. The minimum atomic E-state index is -4.50. The monoisotopic (exact) mass is 314 g/mol. The molecule has 8 heteroatoms. The molecule has 0 atom stereocenters. The molecule has 0 saturated heterocycles. The van der Waals surface area contributed by atoms with Crippen LogP contribution in [0.4, 0.5) is 13.2 Å². The predicted molar refractivity (Wildman–Crippen MR) is 71.6 cm³/mol. The van der Waals surface area contributed by atoms with Crippen LogP contribution in [0.2, 0.25) is 0 Å². The zero-order chi connectivity index (χ0) is 16.3. The maximum absolute atomic E-state index is 12.9. The molecule has 2 N–H and O–H groups in total. The second-order valence-corrected chi connectivity index (χ2v) is 4.74. The van der Waals surface area contributed by atoms with Crippen LogP contribution in [0.1, 0.15) is 23.1 Å². The Bertz CT molecular complexity index is 731. The molecule has 0 aliphatic rings. The molecule has 0 saturated carbocycles. The van der Waals surface area contributed by atoms with Crippen LogP contribution in [0.5, 0.6) is 0 Å². The zero-order valence-electron chi connectivity index (χ0n) is 11.4. The van der Waals surface area contributed by atoms with E-state index in [0.29, 0.717) is 0 Å². The first kappa shape index (κ1) is 15.9. The summed E-state index contributed by atoms with van der Waals surface area (Å²) < 4.78 is 39.7. The molecular formula is C14H13F3N2O3. The van der Waals surface area contributed by atoms with E-state index >= 15 is 0 Å². The average molecular weight is 314 g/mol. The third-order valence-electron chi connectivity index (χ3n) is 3.17. The van der Waals surface area contributed by atoms with Crippen LogP contribution in [0.25, 0.3) is 0 Å². The molecule has 0 amide bonds.